The quantitative estimate of drug-likeness (QED) is 0.314. The van der Waals surface area contributed by atoms with Crippen molar-refractivity contribution in [1.29, 1.82) is 0 Å². The molecule has 1 unspecified atom stereocenters. The molecule has 0 aliphatic carbocycles. The van der Waals surface area contributed by atoms with Crippen molar-refractivity contribution in [1.82, 2.24) is 15.5 Å². The highest BCUT2D eigenvalue weighted by atomic mass is 35.5. The number of carboxylic acid groups (broad SMARTS) is 1. The summed E-state index contributed by atoms with van der Waals surface area (Å²) >= 11 is 0. The van der Waals surface area contributed by atoms with Gasteiger partial charge in [0.25, 0.3) is 5.91 Å². The van der Waals surface area contributed by atoms with Gasteiger partial charge in [0, 0.05) is 6.54 Å². The molecule has 3 rings (SSSR count). The highest BCUT2D eigenvalue weighted by molar-refractivity contribution is 6.12. The van der Waals surface area contributed by atoms with Crippen LogP contribution in [-0.2, 0) is 10.9 Å². The number of ether oxygens (including phenoxy) is 1. The van der Waals surface area contributed by atoms with Crippen molar-refractivity contribution >= 4 is 42.1 Å². The van der Waals surface area contributed by atoms with Crippen LogP contribution < -0.4 is 21.3 Å². The topological polar surface area (TPSA) is 150 Å². The van der Waals surface area contributed by atoms with Gasteiger partial charge in [-0.3, -0.25) is 14.6 Å². The van der Waals surface area contributed by atoms with Crippen molar-refractivity contribution in [3.05, 3.63) is 41.3 Å². The predicted molar refractivity (Wildman–Crippen MR) is 130 cm³/mol. The fourth-order valence-electron chi connectivity index (χ4n) is 3.85. The van der Waals surface area contributed by atoms with Gasteiger partial charge < -0.3 is 26.2 Å². The number of guanidine groups is 1. The first kappa shape index (κ1) is 29.7. The third kappa shape index (κ3) is 6.43. The zero-order valence-electron chi connectivity index (χ0n) is 20.3. The monoisotopic (exact) mass is 548 g/mol. The maximum Gasteiger partial charge on any atom is 0.511 e. The van der Waals surface area contributed by atoms with Gasteiger partial charge in [-0.05, 0) is 32.4 Å². The van der Waals surface area contributed by atoms with E-state index in [1.54, 1.807) is 13.8 Å². The molecule has 0 spiro atoms. The van der Waals surface area contributed by atoms with Gasteiger partial charge in [-0.25, -0.2) is 14.6 Å². The number of para-hydroxylation sites is 1. The standard InChI is InChI=1S/C22H27F3N6O5.ClH/c1-4-5-9-27-17(32)12-7-6-8-13(22(23,24)25)15(12)31-16(26)14(36-20(34)35)10-28-18(31)30-11-21(2,3)29-19(30)33;/h6-8,10,16H,4-5,9,11,26H2,1-3H3,(H,27,32)(H,29,33)(H,34,35);1H. The molecule has 2 heterocycles. The van der Waals surface area contributed by atoms with Crippen LogP contribution in [0.5, 0.6) is 0 Å². The van der Waals surface area contributed by atoms with Crippen molar-refractivity contribution in [3.8, 4) is 0 Å². The SMILES string of the molecule is CCCCNC(=O)c1cccc(C(F)(F)F)c1N1C(N2CC(C)(C)NC2=O)=NC=C(OC(=O)O)C1N.Cl. The highest BCUT2D eigenvalue weighted by Crippen LogP contribution is 2.41. The summed E-state index contributed by atoms with van der Waals surface area (Å²) < 4.78 is 47.3. The molecule has 1 saturated heterocycles. The molecule has 2 aliphatic heterocycles. The first-order valence-corrected chi connectivity index (χ1v) is 11.1. The number of nitrogens with two attached hydrogens (primary N) is 1. The second-order valence-corrected chi connectivity index (χ2v) is 8.85. The Kier molecular flexibility index (Phi) is 9.04. The molecule has 0 saturated carbocycles. The molecule has 1 fully saturated rings. The summed E-state index contributed by atoms with van der Waals surface area (Å²) in [6.07, 6.45) is -6.13. The van der Waals surface area contributed by atoms with E-state index in [2.05, 4.69) is 20.4 Å². The van der Waals surface area contributed by atoms with Gasteiger partial charge >= 0.3 is 18.4 Å². The second-order valence-electron chi connectivity index (χ2n) is 8.85. The summed E-state index contributed by atoms with van der Waals surface area (Å²) in [5.74, 6) is -1.64. The third-order valence-corrected chi connectivity index (χ3v) is 5.43. The molecule has 1 aromatic rings. The van der Waals surface area contributed by atoms with Crippen LogP contribution in [0.25, 0.3) is 0 Å². The fraction of sp³-hybridized carbons (Fsp3) is 0.455. The molecule has 1 atom stereocenters. The van der Waals surface area contributed by atoms with Gasteiger partial charge in [0.2, 0.25) is 5.96 Å². The van der Waals surface area contributed by atoms with Crippen molar-refractivity contribution in [3.63, 3.8) is 0 Å². The summed E-state index contributed by atoms with van der Waals surface area (Å²) in [6.45, 7) is 5.50. The number of benzene rings is 1. The number of amides is 3. The van der Waals surface area contributed by atoms with Crippen molar-refractivity contribution < 1.29 is 37.4 Å². The van der Waals surface area contributed by atoms with Gasteiger partial charge in [-0.2, -0.15) is 13.2 Å². The van der Waals surface area contributed by atoms with E-state index in [9.17, 15) is 27.6 Å². The normalized spacial score (nSPS) is 18.9. The molecule has 1 aromatic carbocycles. The number of alkyl halides is 3. The van der Waals surface area contributed by atoms with E-state index < -0.39 is 53.0 Å². The Labute approximate surface area is 216 Å². The lowest BCUT2D eigenvalue weighted by Crippen LogP contribution is -2.57. The molecule has 11 nitrogen and oxygen atoms in total. The van der Waals surface area contributed by atoms with Crippen LogP contribution in [0.4, 0.5) is 28.4 Å². The number of halogens is 4. The Bertz CT molecular complexity index is 1120. The summed E-state index contributed by atoms with van der Waals surface area (Å²) in [5, 5.41) is 14.3. The molecule has 0 aromatic heterocycles. The molecule has 2 aliphatic rings. The van der Waals surface area contributed by atoms with Gasteiger partial charge in [0.1, 0.15) is 6.17 Å². The number of anilines is 1. The first-order chi connectivity index (χ1) is 16.8. The van der Waals surface area contributed by atoms with Gasteiger partial charge in [-0.1, -0.05) is 19.4 Å². The molecular weight excluding hydrogens is 521 g/mol. The number of unbranched alkanes of at least 4 members (excludes halogenated alkanes) is 1. The minimum absolute atomic E-state index is 0. The van der Waals surface area contributed by atoms with Crippen LogP contribution in [0.3, 0.4) is 0 Å². The predicted octanol–water partition coefficient (Wildman–Crippen LogP) is 3.46. The molecule has 204 valence electrons. The maximum absolute atomic E-state index is 14.2. The van der Waals surface area contributed by atoms with E-state index in [4.69, 9.17) is 10.8 Å². The zero-order valence-corrected chi connectivity index (χ0v) is 21.1. The summed E-state index contributed by atoms with van der Waals surface area (Å²) in [6, 6.07) is 2.35. The lowest BCUT2D eigenvalue weighted by Gasteiger charge is -2.39. The minimum atomic E-state index is -4.94. The fourth-order valence-corrected chi connectivity index (χ4v) is 3.85. The van der Waals surface area contributed by atoms with E-state index in [0.29, 0.717) is 6.42 Å². The molecule has 37 heavy (non-hydrogen) atoms. The number of hydrogen-bond donors (Lipinski definition) is 4. The Hall–Kier alpha value is -3.52. The highest BCUT2D eigenvalue weighted by Gasteiger charge is 2.46. The smallest absolute Gasteiger partial charge is 0.449 e. The zero-order chi connectivity index (χ0) is 26.8. The Balaban J connectivity index is 0.00000481. The molecule has 15 heteroatoms. The van der Waals surface area contributed by atoms with Crippen LogP contribution in [0.15, 0.2) is 35.2 Å². The van der Waals surface area contributed by atoms with Crippen molar-refractivity contribution in [2.75, 3.05) is 18.0 Å². The molecule has 3 amide bonds. The van der Waals surface area contributed by atoms with E-state index in [1.807, 2.05) is 6.92 Å². The van der Waals surface area contributed by atoms with Crippen LogP contribution in [0, 0.1) is 0 Å². The van der Waals surface area contributed by atoms with Crippen LogP contribution in [-0.4, -0.2) is 58.9 Å². The lowest BCUT2D eigenvalue weighted by atomic mass is 10.0. The van der Waals surface area contributed by atoms with Crippen molar-refractivity contribution in [2.24, 2.45) is 10.7 Å². The van der Waals surface area contributed by atoms with Gasteiger partial charge in [0.15, 0.2) is 5.76 Å². The Morgan fingerprint density at radius 1 is 1.35 bits per heavy atom. The van der Waals surface area contributed by atoms with E-state index in [1.165, 1.54) is 6.07 Å². The van der Waals surface area contributed by atoms with Gasteiger partial charge in [-0.15, -0.1) is 12.4 Å². The number of carbonyl (C=O) groups is 3. The number of aliphatic imine (C=N–C) groups is 1. The number of nitrogens with one attached hydrogen (secondary N) is 2. The van der Waals surface area contributed by atoms with E-state index in [0.717, 1.165) is 34.6 Å². The molecule has 0 bridgehead atoms. The number of carbonyl (C=O) groups excluding carboxylic acids is 2. The van der Waals surface area contributed by atoms with E-state index >= 15 is 0 Å². The lowest BCUT2D eigenvalue weighted by molar-refractivity contribution is -0.137. The number of rotatable bonds is 6. The van der Waals surface area contributed by atoms with Crippen LogP contribution >= 0.6 is 12.4 Å². The minimum Gasteiger partial charge on any atom is -0.449 e. The average Bonchev–Trinajstić information content (AvgIpc) is 3.05. The molecule has 0 radical (unpaired) electrons. The number of urea groups is 1. The van der Waals surface area contributed by atoms with Crippen molar-refractivity contribution in [2.45, 2.75) is 51.5 Å². The third-order valence-electron chi connectivity index (χ3n) is 5.43. The Morgan fingerprint density at radius 3 is 2.57 bits per heavy atom. The van der Waals surface area contributed by atoms with E-state index in [-0.39, 0.29) is 37.0 Å². The molecular formula is C22H28ClF3N6O5. The summed E-state index contributed by atoms with van der Waals surface area (Å²) in [7, 11) is 0. The number of hydrogen-bond acceptors (Lipinski definition) is 7. The maximum atomic E-state index is 14.2. The first-order valence-electron chi connectivity index (χ1n) is 11.1. The van der Waals surface area contributed by atoms with Gasteiger partial charge in [0.05, 0.1) is 35.1 Å². The Morgan fingerprint density at radius 2 is 2.03 bits per heavy atom. The summed E-state index contributed by atoms with van der Waals surface area (Å²) in [5.41, 5.74) is 3.13. The van der Waals surface area contributed by atoms with Crippen LogP contribution in [0.1, 0.15) is 49.5 Å². The molecule has 5 N–H and O–H groups in total. The second kappa shape index (κ2) is 11.3. The number of nitrogens with zero attached hydrogens (tertiary/aromatic N) is 3. The van der Waals surface area contributed by atoms with Crippen LogP contribution in [0.2, 0.25) is 0 Å². The largest absolute Gasteiger partial charge is 0.511 e. The average molecular weight is 549 g/mol. The summed E-state index contributed by atoms with van der Waals surface area (Å²) in [4.78, 5) is 42.8.